The summed E-state index contributed by atoms with van der Waals surface area (Å²) in [6, 6.07) is 11.3. The van der Waals surface area contributed by atoms with Gasteiger partial charge in [0, 0.05) is 27.6 Å². The number of hydrogen-bond donors (Lipinski definition) is 1. The number of anilines is 1. The SMILES string of the molecule is Cc1ccc(Sc2cc(NC(=O)Cn3nc(C(F)(F)F)c([N+](=O)[O-])c3C)cc([N+](=O)[O-])c2)cc1. The predicted molar refractivity (Wildman–Crippen MR) is 116 cm³/mol. The van der Waals surface area contributed by atoms with Crippen LogP contribution in [0.5, 0.6) is 0 Å². The maximum absolute atomic E-state index is 13.1. The molecular weight excluding hydrogens is 479 g/mol. The topological polar surface area (TPSA) is 133 Å². The first-order valence-corrected chi connectivity index (χ1v) is 10.3. The molecule has 10 nitrogen and oxygen atoms in total. The molecule has 0 fully saturated rings. The predicted octanol–water partition coefficient (Wildman–Crippen LogP) is 5.13. The van der Waals surface area contributed by atoms with Gasteiger partial charge in [-0.1, -0.05) is 29.5 Å². The molecule has 0 radical (unpaired) electrons. The van der Waals surface area contributed by atoms with Crippen molar-refractivity contribution in [2.45, 2.75) is 36.4 Å². The average Bonchev–Trinajstić information content (AvgIpc) is 3.06. The number of aromatic nitrogens is 2. The van der Waals surface area contributed by atoms with Gasteiger partial charge in [0.05, 0.1) is 9.85 Å². The van der Waals surface area contributed by atoms with Crippen LogP contribution in [0.1, 0.15) is 17.0 Å². The van der Waals surface area contributed by atoms with E-state index in [1.807, 2.05) is 31.2 Å². The number of carbonyl (C=O) groups is 1. The van der Waals surface area contributed by atoms with Gasteiger partial charge in [0.1, 0.15) is 12.2 Å². The molecule has 3 aromatic rings. The van der Waals surface area contributed by atoms with Gasteiger partial charge in [-0.3, -0.25) is 29.7 Å². The molecular formula is C20H16F3N5O5S. The molecule has 0 aliphatic rings. The fourth-order valence-corrected chi connectivity index (χ4v) is 3.91. The Bertz CT molecular complexity index is 1270. The van der Waals surface area contributed by atoms with Crippen LogP contribution in [0.2, 0.25) is 0 Å². The molecule has 0 aliphatic heterocycles. The second kappa shape index (κ2) is 9.51. The minimum Gasteiger partial charge on any atom is -0.324 e. The molecule has 1 aromatic heterocycles. The van der Waals surface area contributed by atoms with Crippen molar-refractivity contribution in [2.24, 2.45) is 0 Å². The summed E-state index contributed by atoms with van der Waals surface area (Å²) in [6.45, 7) is 2.17. The van der Waals surface area contributed by atoms with E-state index in [9.17, 15) is 38.2 Å². The molecule has 2 aromatic carbocycles. The van der Waals surface area contributed by atoms with E-state index in [1.165, 1.54) is 23.9 Å². The van der Waals surface area contributed by atoms with Gasteiger partial charge in [-0.05, 0) is 32.0 Å². The smallest absolute Gasteiger partial charge is 0.324 e. The summed E-state index contributed by atoms with van der Waals surface area (Å²) in [4.78, 5) is 34.2. The van der Waals surface area contributed by atoms with Crippen LogP contribution >= 0.6 is 11.8 Å². The normalized spacial score (nSPS) is 11.3. The highest BCUT2D eigenvalue weighted by molar-refractivity contribution is 7.99. The van der Waals surface area contributed by atoms with Gasteiger partial charge in [0.15, 0.2) is 0 Å². The summed E-state index contributed by atoms with van der Waals surface area (Å²) >= 11 is 1.21. The van der Waals surface area contributed by atoms with Crippen LogP contribution < -0.4 is 5.32 Å². The van der Waals surface area contributed by atoms with Crippen molar-refractivity contribution in [1.82, 2.24) is 9.78 Å². The van der Waals surface area contributed by atoms with Crippen LogP contribution in [-0.2, 0) is 17.5 Å². The maximum Gasteiger partial charge on any atom is 0.442 e. The molecule has 0 aliphatic carbocycles. The van der Waals surface area contributed by atoms with E-state index in [0.29, 0.717) is 9.58 Å². The molecule has 0 spiro atoms. The van der Waals surface area contributed by atoms with Gasteiger partial charge >= 0.3 is 11.9 Å². The highest BCUT2D eigenvalue weighted by Crippen LogP contribution is 2.37. The number of amides is 1. The molecule has 178 valence electrons. The van der Waals surface area contributed by atoms with Gasteiger partial charge < -0.3 is 5.32 Å². The van der Waals surface area contributed by atoms with Crippen LogP contribution in [0.15, 0.2) is 52.3 Å². The molecule has 0 unspecified atom stereocenters. The Balaban J connectivity index is 1.86. The minimum atomic E-state index is -5.09. The number of hydrogen-bond acceptors (Lipinski definition) is 7. The highest BCUT2D eigenvalue weighted by Gasteiger charge is 2.44. The zero-order valence-corrected chi connectivity index (χ0v) is 18.4. The third-order valence-electron chi connectivity index (χ3n) is 4.56. The van der Waals surface area contributed by atoms with Crippen LogP contribution in [0.25, 0.3) is 0 Å². The molecule has 1 heterocycles. The Hall–Kier alpha value is -3.94. The Labute approximate surface area is 194 Å². The zero-order valence-electron chi connectivity index (χ0n) is 17.6. The third-order valence-corrected chi connectivity index (χ3v) is 5.54. The lowest BCUT2D eigenvalue weighted by molar-refractivity contribution is -0.388. The van der Waals surface area contributed by atoms with Gasteiger partial charge in [-0.15, -0.1) is 0 Å². The van der Waals surface area contributed by atoms with Crippen molar-refractivity contribution in [1.29, 1.82) is 0 Å². The number of nitro groups is 2. The van der Waals surface area contributed by atoms with Crippen molar-refractivity contribution >= 4 is 34.7 Å². The summed E-state index contributed by atoms with van der Waals surface area (Å²) in [5.41, 5.74) is -2.66. The van der Waals surface area contributed by atoms with Crippen LogP contribution in [-0.4, -0.2) is 25.5 Å². The number of nitrogens with one attached hydrogen (secondary N) is 1. The van der Waals surface area contributed by atoms with E-state index >= 15 is 0 Å². The minimum absolute atomic E-state index is 0.0316. The van der Waals surface area contributed by atoms with E-state index in [-0.39, 0.29) is 11.4 Å². The number of nitrogens with zero attached hydrogens (tertiary/aromatic N) is 4. The number of carbonyl (C=O) groups excluding carboxylic acids is 1. The number of nitro benzene ring substituents is 1. The first kappa shape index (κ1) is 24.7. The van der Waals surface area contributed by atoms with Gasteiger partial charge in [-0.25, -0.2) is 0 Å². The molecule has 0 saturated heterocycles. The lowest BCUT2D eigenvalue weighted by Gasteiger charge is -2.09. The molecule has 1 amide bonds. The van der Waals surface area contributed by atoms with Crippen molar-refractivity contribution in [3.8, 4) is 0 Å². The molecule has 0 saturated carbocycles. The van der Waals surface area contributed by atoms with E-state index in [1.54, 1.807) is 0 Å². The van der Waals surface area contributed by atoms with Crippen molar-refractivity contribution < 1.29 is 27.8 Å². The second-order valence-electron chi connectivity index (χ2n) is 7.13. The lowest BCUT2D eigenvalue weighted by Crippen LogP contribution is -2.21. The summed E-state index contributed by atoms with van der Waals surface area (Å²) in [5, 5.41) is 28.0. The summed E-state index contributed by atoms with van der Waals surface area (Å²) in [5.74, 6) is -0.874. The standard InChI is InChI=1S/C20H16F3N5O5S/c1-11-3-5-15(6-4-11)34-16-8-13(7-14(9-16)27(30)31)24-17(29)10-26-12(2)18(28(32)33)19(25-26)20(21,22)23/h3-9H,10H2,1-2H3,(H,24,29). The van der Waals surface area contributed by atoms with Crippen LogP contribution in [0.4, 0.5) is 30.2 Å². The lowest BCUT2D eigenvalue weighted by atomic mass is 10.2. The summed E-state index contributed by atoms with van der Waals surface area (Å²) in [7, 11) is 0. The first-order valence-electron chi connectivity index (χ1n) is 9.48. The van der Waals surface area contributed by atoms with E-state index in [4.69, 9.17) is 0 Å². The van der Waals surface area contributed by atoms with E-state index < -0.39 is 45.6 Å². The maximum atomic E-state index is 13.1. The van der Waals surface area contributed by atoms with Crippen molar-refractivity contribution in [3.63, 3.8) is 0 Å². The molecule has 1 N–H and O–H groups in total. The first-order chi connectivity index (χ1) is 15.8. The Morgan fingerprint density at radius 2 is 1.71 bits per heavy atom. The number of halogens is 3. The number of aryl methyl sites for hydroxylation is 1. The zero-order chi connectivity index (χ0) is 25.2. The fourth-order valence-electron chi connectivity index (χ4n) is 3.00. The number of rotatable bonds is 7. The van der Waals surface area contributed by atoms with Crippen LogP contribution in [0, 0.1) is 34.1 Å². The quantitative estimate of drug-likeness (QED) is 0.355. The van der Waals surface area contributed by atoms with Crippen LogP contribution in [0.3, 0.4) is 0 Å². The highest BCUT2D eigenvalue weighted by atomic mass is 32.2. The summed E-state index contributed by atoms with van der Waals surface area (Å²) < 4.78 is 39.9. The molecule has 0 atom stereocenters. The van der Waals surface area contributed by atoms with Crippen molar-refractivity contribution in [3.05, 3.63) is 79.6 Å². The Morgan fingerprint density at radius 3 is 2.24 bits per heavy atom. The fraction of sp³-hybridized carbons (Fsp3) is 0.200. The van der Waals surface area contributed by atoms with Gasteiger partial charge in [0.25, 0.3) is 5.69 Å². The monoisotopic (exact) mass is 495 g/mol. The van der Waals surface area contributed by atoms with Gasteiger partial charge in [-0.2, -0.15) is 18.3 Å². The molecule has 0 bridgehead atoms. The van der Waals surface area contributed by atoms with E-state index in [2.05, 4.69) is 10.4 Å². The molecule has 34 heavy (non-hydrogen) atoms. The Morgan fingerprint density at radius 1 is 1.06 bits per heavy atom. The van der Waals surface area contributed by atoms with E-state index in [0.717, 1.165) is 23.4 Å². The largest absolute Gasteiger partial charge is 0.442 e. The Kier molecular flexibility index (Phi) is 6.91. The number of alkyl halides is 3. The van der Waals surface area contributed by atoms with Crippen molar-refractivity contribution in [2.75, 3.05) is 5.32 Å². The average molecular weight is 495 g/mol. The number of non-ortho nitro benzene ring substituents is 1. The van der Waals surface area contributed by atoms with Gasteiger partial charge in [0.2, 0.25) is 11.6 Å². The molecule has 3 rings (SSSR count). The summed E-state index contributed by atoms with van der Waals surface area (Å²) in [6.07, 6.45) is -5.09. The molecule has 14 heteroatoms. The second-order valence-corrected chi connectivity index (χ2v) is 8.28. The third kappa shape index (κ3) is 5.70. The number of benzene rings is 2.